The average Bonchev–Trinajstić information content (AvgIpc) is 3.11. The van der Waals surface area contributed by atoms with Crippen LogP contribution >= 0.6 is 23.1 Å². The first-order valence-corrected chi connectivity index (χ1v) is 7.74. The van der Waals surface area contributed by atoms with E-state index in [0.29, 0.717) is 5.75 Å². The second-order valence-electron chi connectivity index (χ2n) is 4.15. The Morgan fingerprint density at radius 3 is 3.15 bits per heavy atom. The first kappa shape index (κ1) is 13.3. The molecule has 0 aliphatic carbocycles. The number of methoxy groups -OCH3 is 1. The van der Waals surface area contributed by atoms with E-state index in [0.717, 1.165) is 26.0 Å². The lowest BCUT2D eigenvalue weighted by Gasteiger charge is -1.98. The molecule has 4 N–H and O–H groups in total. The SMILES string of the molecule is COc1ccc2nc(C3=N[C@@H](C(=O)N[NH3+])CS3)sc2c1. The van der Waals surface area contributed by atoms with Crippen LogP contribution in [-0.2, 0) is 4.79 Å². The molecule has 1 aromatic heterocycles. The molecule has 20 heavy (non-hydrogen) atoms. The first-order valence-electron chi connectivity index (χ1n) is 5.94. The summed E-state index contributed by atoms with van der Waals surface area (Å²) in [4.78, 5) is 20.5. The summed E-state index contributed by atoms with van der Waals surface area (Å²) in [6, 6.07) is 5.40. The Morgan fingerprint density at radius 1 is 1.55 bits per heavy atom. The number of rotatable bonds is 3. The Labute approximate surface area is 123 Å². The van der Waals surface area contributed by atoms with E-state index in [4.69, 9.17) is 4.74 Å². The molecule has 0 unspecified atom stereocenters. The summed E-state index contributed by atoms with van der Waals surface area (Å²) in [6.07, 6.45) is 0. The van der Waals surface area contributed by atoms with Crippen molar-refractivity contribution < 1.29 is 15.4 Å². The monoisotopic (exact) mass is 309 g/mol. The van der Waals surface area contributed by atoms with Gasteiger partial charge in [-0.2, -0.15) is 0 Å². The summed E-state index contributed by atoms with van der Waals surface area (Å²) in [5.41, 5.74) is 3.29. The summed E-state index contributed by atoms with van der Waals surface area (Å²) in [5, 5.41) is 1.66. The fourth-order valence-corrected chi connectivity index (χ4v) is 3.97. The van der Waals surface area contributed by atoms with Gasteiger partial charge in [0.2, 0.25) is 0 Å². The van der Waals surface area contributed by atoms with Crippen molar-refractivity contribution in [1.82, 2.24) is 10.4 Å². The van der Waals surface area contributed by atoms with Gasteiger partial charge in [-0.25, -0.2) is 10.4 Å². The van der Waals surface area contributed by atoms with Crippen LogP contribution in [0.1, 0.15) is 5.01 Å². The number of ether oxygens (including phenoxy) is 1. The van der Waals surface area contributed by atoms with Gasteiger partial charge in [0.1, 0.15) is 21.8 Å². The maximum Gasteiger partial charge on any atom is 0.290 e. The fourth-order valence-electron chi connectivity index (χ4n) is 1.87. The quantitative estimate of drug-likeness (QED) is 0.805. The molecule has 8 heteroatoms. The minimum Gasteiger partial charge on any atom is -0.497 e. The number of thioether (sulfide) groups is 1. The number of carbonyl (C=O) groups excluding carboxylic acids is 1. The van der Waals surface area contributed by atoms with Crippen molar-refractivity contribution in [3.05, 3.63) is 23.2 Å². The Bertz CT molecular complexity index is 698. The van der Waals surface area contributed by atoms with Crippen LogP contribution in [0.15, 0.2) is 23.2 Å². The molecule has 1 aromatic carbocycles. The zero-order chi connectivity index (χ0) is 14.1. The number of nitrogens with one attached hydrogen (secondary N) is 1. The highest BCUT2D eigenvalue weighted by Crippen LogP contribution is 2.31. The molecule has 0 saturated carbocycles. The van der Waals surface area contributed by atoms with Crippen LogP contribution in [0.5, 0.6) is 5.75 Å². The average molecular weight is 309 g/mol. The van der Waals surface area contributed by atoms with Gasteiger partial charge < -0.3 is 4.74 Å². The highest BCUT2D eigenvalue weighted by atomic mass is 32.2. The number of aliphatic imine (C=N–C) groups is 1. The zero-order valence-electron chi connectivity index (χ0n) is 10.8. The van der Waals surface area contributed by atoms with Gasteiger partial charge in [-0.15, -0.1) is 23.1 Å². The molecule has 2 aromatic rings. The van der Waals surface area contributed by atoms with E-state index in [9.17, 15) is 4.79 Å². The van der Waals surface area contributed by atoms with E-state index < -0.39 is 0 Å². The van der Waals surface area contributed by atoms with Crippen LogP contribution < -0.4 is 16.0 Å². The molecular formula is C12H13N4O2S2+. The van der Waals surface area contributed by atoms with Crippen molar-refractivity contribution in [2.75, 3.05) is 12.9 Å². The van der Waals surface area contributed by atoms with Crippen molar-refractivity contribution in [2.45, 2.75) is 6.04 Å². The van der Waals surface area contributed by atoms with E-state index in [1.807, 2.05) is 18.2 Å². The Morgan fingerprint density at radius 2 is 2.40 bits per heavy atom. The van der Waals surface area contributed by atoms with E-state index in [1.54, 1.807) is 30.2 Å². The number of hydrogen-bond donors (Lipinski definition) is 2. The molecule has 0 radical (unpaired) electrons. The molecule has 3 rings (SSSR count). The number of hydrogen-bond acceptors (Lipinski definition) is 6. The molecule has 1 amide bonds. The van der Waals surface area contributed by atoms with Crippen molar-refractivity contribution >= 4 is 44.3 Å². The van der Waals surface area contributed by atoms with Gasteiger partial charge in [0.25, 0.3) is 5.91 Å². The van der Waals surface area contributed by atoms with Crippen LogP contribution in [0.3, 0.4) is 0 Å². The molecule has 0 saturated heterocycles. The maximum absolute atomic E-state index is 11.5. The molecule has 0 spiro atoms. The summed E-state index contributed by atoms with van der Waals surface area (Å²) in [7, 11) is 1.64. The van der Waals surface area contributed by atoms with Crippen LogP contribution in [0.2, 0.25) is 0 Å². The molecule has 1 aliphatic heterocycles. The smallest absolute Gasteiger partial charge is 0.290 e. The highest BCUT2D eigenvalue weighted by Gasteiger charge is 2.27. The number of quaternary nitrogens is 1. The summed E-state index contributed by atoms with van der Waals surface area (Å²) in [6.45, 7) is 0. The Hall–Kier alpha value is -1.64. The Kier molecular flexibility index (Phi) is 3.60. The lowest BCUT2D eigenvalue weighted by molar-refractivity contribution is -0.427. The van der Waals surface area contributed by atoms with Gasteiger partial charge >= 0.3 is 0 Å². The molecule has 0 bridgehead atoms. The molecule has 1 atom stereocenters. The number of benzene rings is 1. The van der Waals surface area contributed by atoms with E-state index >= 15 is 0 Å². The third-order valence-corrected chi connectivity index (χ3v) is 5.12. The minimum atomic E-state index is -0.367. The number of thiazole rings is 1. The second kappa shape index (κ2) is 5.39. The van der Waals surface area contributed by atoms with Gasteiger partial charge in [-0.3, -0.25) is 15.6 Å². The molecule has 104 valence electrons. The predicted molar refractivity (Wildman–Crippen MR) is 80.0 cm³/mol. The normalized spacial score (nSPS) is 18.1. The zero-order valence-corrected chi connectivity index (χ0v) is 12.4. The van der Waals surface area contributed by atoms with Crippen LogP contribution in [0.25, 0.3) is 10.2 Å². The van der Waals surface area contributed by atoms with Gasteiger partial charge in [0.05, 0.1) is 17.3 Å². The molecular weight excluding hydrogens is 296 g/mol. The lowest BCUT2D eigenvalue weighted by Crippen LogP contribution is -2.69. The topological polar surface area (TPSA) is 91.2 Å². The van der Waals surface area contributed by atoms with Crippen LogP contribution in [-0.4, -0.2) is 34.8 Å². The number of nitrogens with zero attached hydrogens (tertiary/aromatic N) is 2. The van der Waals surface area contributed by atoms with Crippen molar-refractivity contribution in [3.63, 3.8) is 0 Å². The summed E-state index contributed by atoms with van der Waals surface area (Å²) in [5.74, 6) is 4.66. The standard InChI is InChI=1S/C12H12N4O2S2/c1-18-6-2-3-7-9(4-6)20-12(14-7)11-15-8(5-19-11)10(17)16-13/h2-4,8H,5,13H2,1H3,(H,16,17)/p+1/t8-/m1/s1. The second-order valence-corrected chi connectivity index (χ2v) is 6.19. The third kappa shape index (κ3) is 2.37. The van der Waals surface area contributed by atoms with Crippen molar-refractivity contribution in [1.29, 1.82) is 0 Å². The van der Waals surface area contributed by atoms with Crippen LogP contribution in [0.4, 0.5) is 0 Å². The number of carbonyl (C=O) groups is 1. The van der Waals surface area contributed by atoms with E-state index in [2.05, 4.69) is 21.2 Å². The van der Waals surface area contributed by atoms with Gasteiger partial charge in [0.15, 0.2) is 0 Å². The number of fused-ring (bicyclic) bond motifs is 1. The number of amides is 1. The van der Waals surface area contributed by atoms with Gasteiger partial charge in [0, 0.05) is 5.75 Å². The summed E-state index contributed by atoms with van der Waals surface area (Å²) < 4.78 is 6.25. The first-order chi connectivity index (χ1) is 9.71. The fraction of sp³-hybridized carbons (Fsp3) is 0.250. The van der Waals surface area contributed by atoms with E-state index in [-0.39, 0.29) is 11.9 Å². The van der Waals surface area contributed by atoms with Gasteiger partial charge in [-0.05, 0) is 18.2 Å². The maximum atomic E-state index is 11.5. The predicted octanol–water partition coefficient (Wildman–Crippen LogP) is 0.440. The molecule has 0 fully saturated rings. The van der Waals surface area contributed by atoms with Crippen molar-refractivity contribution in [3.8, 4) is 5.75 Å². The Balaban J connectivity index is 1.93. The van der Waals surface area contributed by atoms with Gasteiger partial charge in [-0.1, -0.05) is 0 Å². The van der Waals surface area contributed by atoms with E-state index in [1.165, 1.54) is 0 Å². The van der Waals surface area contributed by atoms with Crippen LogP contribution in [0, 0.1) is 0 Å². The van der Waals surface area contributed by atoms with Crippen molar-refractivity contribution in [2.24, 2.45) is 4.99 Å². The molecule has 2 heterocycles. The third-order valence-electron chi connectivity index (χ3n) is 2.91. The lowest BCUT2D eigenvalue weighted by atomic mass is 10.3. The highest BCUT2D eigenvalue weighted by molar-refractivity contribution is 8.15. The molecule has 6 nitrogen and oxygen atoms in total. The minimum absolute atomic E-state index is 0.157. The molecule has 1 aliphatic rings. The number of aromatic nitrogens is 1. The summed E-state index contributed by atoms with van der Waals surface area (Å²) >= 11 is 3.11. The largest absolute Gasteiger partial charge is 0.497 e.